The SMILES string of the molecule is COC(=O)/C=C(/Nc1ccc(NC(=O)NCCC(=O)O)cc1)C(=O)OC. The number of carboxylic acid groups (broad SMARTS) is 1. The van der Waals surface area contributed by atoms with Crippen LogP contribution in [0.15, 0.2) is 36.0 Å². The maximum Gasteiger partial charge on any atom is 0.354 e. The van der Waals surface area contributed by atoms with Crippen LogP contribution in [0.4, 0.5) is 16.2 Å². The number of amides is 2. The van der Waals surface area contributed by atoms with Crippen LogP contribution in [-0.4, -0.2) is 49.8 Å². The van der Waals surface area contributed by atoms with Gasteiger partial charge in [0.1, 0.15) is 5.70 Å². The summed E-state index contributed by atoms with van der Waals surface area (Å²) in [6.45, 7) is 0.00161. The highest BCUT2D eigenvalue weighted by Gasteiger charge is 2.13. The van der Waals surface area contributed by atoms with Crippen LogP contribution in [0.2, 0.25) is 0 Å². The average molecular weight is 365 g/mol. The summed E-state index contributed by atoms with van der Waals surface area (Å²) < 4.78 is 9.04. The smallest absolute Gasteiger partial charge is 0.354 e. The molecule has 1 aromatic rings. The Morgan fingerprint density at radius 1 is 1.00 bits per heavy atom. The molecule has 140 valence electrons. The molecule has 0 atom stereocenters. The second-order valence-corrected chi connectivity index (χ2v) is 4.80. The zero-order valence-corrected chi connectivity index (χ0v) is 14.2. The molecule has 10 nitrogen and oxygen atoms in total. The summed E-state index contributed by atoms with van der Waals surface area (Å²) >= 11 is 0. The summed E-state index contributed by atoms with van der Waals surface area (Å²) in [5.41, 5.74) is 0.786. The third kappa shape index (κ3) is 7.34. The van der Waals surface area contributed by atoms with Gasteiger partial charge in [-0.3, -0.25) is 4.79 Å². The summed E-state index contributed by atoms with van der Waals surface area (Å²) in [6, 6.07) is 5.66. The number of ether oxygens (including phenoxy) is 2. The Balaban J connectivity index is 2.69. The molecule has 0 aliphatic rings. The lowest BCUT2D eigenvalue weighted by atomic mass is 10.2. The molecule has 1 aromatic carbocycles. The second kappa shape index (κ2) is 10.3. The van der Waals surface area contributed by atoms with Gasteiger partial charge >= 0.3 is 23.9 Å². The minimum Gasteiger partial charge on any atom is -0.481 e. The van der Waals surface area contributed by atoms with E-state index in [9.17, 15) is 19.2 Å². The van der Waals surface area contributed by atoms with Crippen LogP contribution in [0.3, 0.4) is 0 Å². The zero-order chi connectivity index (χ0) is 19.5. The minimum atomic E-state index is -1.01. The van der Waals surface area contributed by atoms with Gasteiger partial charge in [-0.15, -0.1) is 0 Å². The van der Waals surface area contributed by atoms with E-state index in [1.165, 1.54) is 14.2 Å². The van der Waals surface area contributed by atoms with Gasteiger partial charge in [-0.25, -0.2) is 14.4 Å². The van der Waals surface area contributed by atoms with E-state index in [-0.39, 0.29) is 18.7 Å². The van der Waals surface area contributed by atoms with Gasteiger partial charge in [0.25, 0.3) is 0 Å². The fraction of sp³-hybridized carbons (Fsp3) is 0.250. The normalized spacial score (nSPS) is 10.5. The lowest BCUT2D eigenvalue weighted by Crippen LogP contribution is -2.30. The molecular formula is C16H19N3O7. The Kier molecular flexibility index (Phi) is 8.14. The number of benzene rings is 1. The molecule has 26 heavy (non-hydrogen) atoms. The van der Waals surface area contributed by atoms with Crippen molar-refractivity contribution < 1.29 is 33.8 Å². The van der Waals surface area contributed by atoms with Crippen LogP contribution < -0.4 is 16.0 Å². The molecule has 0 aliphatic carbocycles. The van der Waals surface area contributed by atoms with E-state index < -0.39 is 23.9 Å². The molecule has 10 heteroatoms. The van der Waals surface area contributed by atoms with E-state index in [0.29, 0.717) is 11.4 Å². The largest absolute Gasteiger partial charge is 0.481 e. The van der Waals surface area contributed by atoms with E-state index in [1.807, 2.05) is 0 Å². The summed E-state index contributed by atoms with van der Waals surface area (Å²) in [6.07, 6.45) is 0.771. The number of rotatable bonds is 8. The highest BCUT2D eigenvalue weighted by molar-refractivity contribution is 5.98. The standard InChI is InChI=1S/C16H19N3O7/c1-25-14(22)9-12(15(23)26-2)18-10-3-5-11(6-4-10)19-16(24)17-8-7-13(20)21/h3-6,9,18H,7-8H2,1-2H3,(H,20,21)(H2,17,19,24)/b12-9+. The topological polar surface area (TPSA) is 143 Å². The molecule has 0 unspecified atom stereocenters. The molecule has 0 radical (unpaired) electrons. The molecule has 1 rings (SSSR count). The number of nitrogens with one attached hydrogen (secondary N) is 3. The van der Waals surface area contributed by atoms with Crippen molar-refractivity contribution in [1.29, 1.82) is 0 Å². The van der Waals surface area contributed by atoms with Gasteiger partial charge in [-0.05, 0) is 24.3 Å². The van der Waals surface area contributed by atoms with Crippen molar-refractivity contribution in [3.8, 4) is 0 Å². The molecular weight excluding hydrogens is 346 g/mol. The van der Waals surface area contributed by atoms with E-state index >= 15 is 0 Å². The second-order valence-electron chi connectivity index (χ2n) is 4.80. The highest BCUT2D eigenvalue weighted by Crippen LogP contribution is 2.16. The fourth-order valence-corrected chi connectivity index (χ4v) is 1.68. The summed E-state index contributed by atoms with van der Waals surface area (Å²) in [7, 11) is 2.35. The molecule has 0 saturated heterocycles. The first-order valence-corrected chi connectivity index (χ1v) is 7.37. The van der Waals surface area contributed by atoms with Crippen molar-refractivity contribution in [2.75, 3.05) is 31.4 Å². The first-order valence-electron chi connectivity index (χ1n) is 7.37. The molecule has 0 fully saturated rings. The van der Waals surface area contributed by atoms with Crippen LogP contribution in [0.25, 0.3) is 0 Å². The first kappa shape index (κ1) is 20.5. The van der Waals surface area contributed by atoms with Crippen LogP contribution in [0.5, 0.6) is 0 Å². The number of anilines is 2. The van der Waals surface area contributed by atoms with Gasteiger partial charge in [0.2, 0.25) is 0 Å². The molecule has 4 N–H and O–H groups in total. The predicted octanol–water partition coefficient (Wildman–Crippen LogP) is 0.925. The number of urea groups is 1. The number of hydrogen-bond acceptors (Lipinski definition) is 7. The maximum absolute atomic E-state index is 11.7. The molecule has 2 amide bonds. The Hall–Kier alpha value is -3.56. The quantitative estimate of drug-likeness (QED) is 0.393. The Bertz CT molecular complexity index is 698. The molecule has 0 spiro atoms. The summed E-state index contributed by atoms with van der Waals surface area (Å²) in [4.78, 5) is 44.9. The van der Waals surface area contributed by atoms with Crippen molar-refractivity contribution in [3.63, 3.8) is 0 Å². The number of carbonyl (C=O) groups is 4. The molecule has 0 bridgehead atoms. The van der Waals surface area contributed by atoms with Gasteiger partial charge in [0.05, 0.1) is 26.7 Å². The third-order valence-electron chi connectivity index (χ3n) is 2.91. The van der Waals surface area contributed by atoms with Crippen LogP contribution in [0, 0.1) is 0 Å². The van der Waals surface area contributed by atoms with Gasteiger partial charge in [-0.2, -0.15) is 0 Å². The third-order valence-corrected chi connectivity index (χ3v) is 2.91. The summed E-state index contributed by atoms with van der Waals surface area (Å²) in [5, 5.41) is 16.1. The molecule has 0 saturated carbocycles. The monoisotopic (exact) mass is 365 g/mol. The van der Waals surface area contributed by atoms with Crippen LogP contribution in [0.1, 0.15) is 6.42 Å². The van der Waals surface area contributed by atoms with E-state index in [0.717, 1.165) is 6.08 Å². The Labute approximate surface area is 149 Å². The number of aliphatic carboxylic acids is 1. The number of methoxy groups -OCH3 is 2. The molecule has 0 aliphatic heterocycles. The first-order chi connectivity index (χ1) is 12.3. The number of carboxylic acids is 1. The van der Waals surface area contributed by atoms with Crippen molar-refractivity contribution in [3.05, 3.63) is 36.0 Å². The molecule has 0 heterocycles. The molecule has 0 aromatic heterocycles. The lowest BCUT2D eigenvalue weighted by molar-refractivity contribution is -0.138. The number of carbonyl (C=O) groups excluding carboxylic acids is 3. The van der Waals surface area contributed by atoms with E-state index in [4.69, 9.17) is 5.11 Å². The lowest BCUT2D eigenvalue weighted by Gasteiger charge is -2.10. The zero-order valence-electron chi connectivity index (χ0n) is 14.2. The van der Waals surface area contributed by atoms with Gasteiger partial charge in [0, 0.05) is 17.9 Å². The van der Waals surface area contributed by atoms with Gasteiger partial charge in [-0.1, -0.05) is 0 Å². The average Bonchev–Trinajstić information content (AvgIpc) is 2.61. The predicted molar refractivity (Wildman–Crippen MR) is 91.5 cm³/mol. The van der Waals surface area contributed by atoms with Gasteiger partial charge < -0.3 is 30.5 Å². The van der Waals surface area contributed by atoms with Crippen molar-refractivity contribution >= 4 is 35.3 Å². The Morgan fingerprint density at radius 2 is 1.58 bits per heavy atom. The number of hydrogen-bond donors (Lipinski definition) is 4. The van der Waals surface area contributed by atoms with Crippen molar-refractivity contribution in [1.82, 2.24) is 5.32 Å². The Morgan fingerprint density at radius 3 is 2.08 bits per heavy atom. The van der Waals surface area contributed by atoms with Gasteiger partial charge in [0.15, 0.2) is 0 Å². The number of esters is 2. The fourth-order valence-electron chi connectivity index (χ4n) is 1.68. The summed E-state index contributed by atoms with van der Waals surface area (Å²) in [5.74, 6) is -2.49. The van der Waals surface area contributed by atoms with E-state index in [2.05, 4.69) is 25.4 Å². The minimum absolute atomic E-state index is 0.00161. The van der Waals surface area contributed by atoms with Crippen LogP contribution in [-0.2, 0) is 23.9 Å². The van der Waals surface area contributed by atoms with Crippen LogP contribution >= 0.6 is 0 Å². The van der Waals surface area contributed by atoms with Crippen molar-refractivity contribution in [2.45, 2.75) is 6.42 Å². The van der Waals surface area contributed by atoms with E-state index in [1.54, 1.807) is 24.3 Å². The van der Waals surface area contributed by atoms with Crippen molar-refractivity contribution in [2.24, 2.45) is 0 Å². The highest BCUT2D eigenvalue weighted by atomic mass is 16.5. The maximum atomic E-state index is 11.7.